The first-order chi connectivity index (χ1) is 9.91. The summed E-state index contributed by atoms with van der Waals surface area (Å²) in [6, 6.07) is 4.11. The van der Waals surface area contributed by atoms with Gasteiger partial charge < -0.3 is 10.0 Å². The summed E-state index contributed by atoms with van der Waals surface area (Å²) in [5.41, 5.74) is -0.439. The minimum absolute atomic E-state index is 0.0993. The maximum Gasteiger partial charge on any atom is 0.433 e. The number of pyridine rings is 1. The van der Waals surface area contributed by atoms with Gasteiger partial charge in [-0.1, -0.05) is 0 Å². The van der Waals surface area contributed by atoms with E-state index in [9.17, 15) is 13.2 Å². The molecule has 21 heavy (non-hydrogen) atoms. The molecule has 0 spiro atoms. The van der Waals surface area contributed by atoms with E-state index in [4.69, 9.17) is 5.11 Å². The maximum absolute atomic E-state index is 12.9. The average molecular weight is 298 g/mol. The van der Waals surface area contributed by atoms with E-state index in [1.807, 2.05) is 0 Å². The summed E-state index contributed by atoms with van der Waals surface area (Å²) in [4.78, 5) is 12.8. The van der Waals surface area contributed by atoms with Gasteiger partial charge in [0.1, 0.15) is 0 Å². The van der Waals surface area contributed by atoms with Gasteiger partial charge in [0.2, 0.25) is 5.95 Å². The van der Waals surface area contributed by atoms with Crippen LogP contribution in [0.2, 0.25) is 0 Å². The second-order valence-electron chi connectivity index (χ2n) is 4.32. The zero-order valence-electron chi connectivity index (χ0n) is 11.2. The Labute approximate surface area is 119 Å². The highest BCUT2D eigenvalue weighted by atomic mass is 19.4. The number of hydrogen-bond donors (Lipinski definition) is 1. The normalized spacial score (nSPS) is 11.5. The Morgan fingerprint density at radius 3 is 2.62 bits per heavy atom. The van der Waals surface area contributed by atoms with E-state index in [0.717, 1.165) is 6.07 Å². The number of aliphatic hydroxyl groups excluding tert-OH is 1. The molecule has 0 unspecified atom stereocenters. The van der Waals surface area contributed by atoms with Gasteiger partial charge in [-0.25, -0.2) is 9.97 Å². The number of aliphatic hydroxyl groups is 1. The van der Waals surface area contributed by atoms with Crippen molar-refractivity contribution in [3.8, 4) is 11.3 Å². The van der Waals surface area contributed by atoms with Crippen LogP contribution in [0.3, 0.4) is 0 Å². The van der Waals surface area contributed by atoms with E-state index < -0.39 is 11.9 Å². The summed E-state index contributed by atoms with van der Waals surface area (Å²) >= 11 is 0. The van der Waals surface area contributed by atoms with Crippen molar-refractivity contribution in [3.63, 3.8) is 0 Å². The Morgan fingerprint density at radius 2 is 2.05 bits per heavy atom. The lowest BCUT2D eigenvalue weighted by Gasteiger charge is -2.18. The second-order valence-corrected chi connectivity index (χ2v) is 4.32. The Morgan fingerprint density at radius 1 is 1.29 bits per heavy atom. The standard InChI is InChI=1S/C13H13F3N4O/c1-20(5-6-21)12-18-10(9-3-2-4-17-8-9)7-11(19-12)13(14,15)16/h2-4,7-8,21H,5-6H2,1H3. The molecular weight excluding hydrogens is 285 g/mol. The van der Waals surface area contributed by atoms with Crippen molar-refractivity contribution >= 4 is 5.95 Å². The number of anilines is 1. The largest absolute Gasteiger partial charge is 0.433 e. The topological polar surface area (TPSA) is 62.1 Å². The SMILES string of the molecule is CN(CCO)c1nc(-c2cccnc2)cc(C(F)(F)F)n1. The van der Waals surface area contributed by atoms with Crippen LogP contribution in [0.25, 0.3) is 11.3 Å². The molecule has 0 fully saturated rings. The van der Waals surface area contributed by atoms with E-state index in [2.05, 4.69) is 15.0 Å². The molecule has 1 N–H and O–H groups in total. The first kappa shape index (κ1) is 15.2. The van der Waals surface area contributed by atoms with Crippen LogP contribution in [0, 0.1) is 0 Å². The third-order valence-electron chi connectivity index (χ3n) is 2.74. The molecule has 0 aliphatic carbocycles. The van der Waals surface area contributed by atoms with Crippen molar-refractivity contribution in [3.05, 3.63) is 36.3 Å². The predicted octanol–water partition coefficient (Wildman–Crippen LogP) is 1.99. The molecule has 2 rings (SSSR count). The Kier molecular flexibility index (Phi) is 4.37. The number of hydrogen-bond acceptors (Lipinski definition) is 5. The van der Waals surface area contributed by atoms with Gasteiger partial charge in [0.25, 0.3) is 0 Å². The lowest BCUT2D eigenvalue weighted by atomic mass is 10.2. The van der Waals surface area contributed by atoms with Crippen LogP contribution < -0.4 is 4.90 Å². The van der Waals surface area contributed by atoms with Crippen molar-refractivity contribution in [2.75, 3.05) is 25.1 Å². The molecule has 5 nitrogen and oxygen atoms in total. The zero-order chi connectivity index (χ0) is 15.5. The van der Waals surface area contributed by atoms with E-state index in [-0.39, 0.29) is 24.8 Å². The molecule has 0 aliphatic rings. The van der Waals surface area contributed by atoms with Gasteiger partial charge in [-0.15, -0.1) is 0 Å². The summed E-state index contributed by atoms with van der Waals surface area (Å²) in [6.07, 6.45) is -1.62. The molecule has 0 saturated heterocycles. The van der Waals surface area contributed by atoms with Crippen LogP contribution in [-0.4, -0.2) is 40.3 Å². The number of alkyl halides is 3. The van der Waals surface area contributed by atoms with Crippen LogP contribution in [-0.2, 0) is 6.18 Å². The van der Waals surface area contributed by atoms with E-state index in [1.165, 1.54) is 24.3 Å². The highest BCUT2D eigenvalue weighted by Gasteiger charge is 2.34. The third-order valence-corrected chi connectivity index (χ3v) is 2.74. The van der Waals surface area contributed by atoms with Gasteiger partial charge in [0.15, 0.2) is 5.69 Å². The van der Waals surface area contributed by atoms with Crippen LogP contribution in [0.1, 0.15) is 5.69 Å². The number of halogens is 3. The molecule has 0 bridgehead atoms. The number of aromatic nitrogens is 3. The minimum atomic E-state index is -4.57. The fourth-order valence-electron chi connectivity index (χ4n) is 1.66. The maximum atomic E-state index is 12.9. The van der Waals surface area contributed by atoms with E-state index in [0.29, 0.717) is 5.56 Å². The molecule has 2 aromatic rings. The Bertz CT molecular complexity index is 604. The highest BCUT2D eigenvalue weighted by Crippen LogP contribution is 2.31. The van der Waals surface area contributed by atoms with Crippen molar-refractivity contribution in [2.45, 2.75) is 6.18 Å². The zero-order valence-corrected chi connectivity index (χ0v) is 11.2. The molecule has 0 aromatic carbocycles. The summed E-state index contributed by atoms with van der Waals surface area (Å²) in [5.74, 6) is -0.0993. The van der Waals surface area contributed by atoms with E-state index in [1.54, 1.807) is 12.1 Å². The third kappa shape index (κ3) is 3.66. The molecule has 0 saturated carbocycles. The van der Waals surface area contributed by atoms with Gasteiger partial charge in [0.05, 0.1) is 12.3 Å². The van der Waals surface area contributed by atoms with Gasteiger partial charge >= 0.3 is 6.18 Å². The van der Waals surface area contributed by atoms with Crippen LogP contribution in [0.4, 0.5) is 19.1 Å². The fourth-order valence-corrected chi connectivity index (χ4v) is 1.66. The molecular formula is C13H13F3N4O. The number of likely N-dealkylation sites (N-methyl/N-ethyl adjacent to an activating group) is 1. The molecule has 0 atom stereocenters. The first-order valence-corrected chi connectivity index (χ1v) is 6.10. The highest BCUT2D eigenvalue weighted by molar-refractivity contribution is 5.60. The van der Waals surface area contributed by atoms with Crippen molar-refractivity contribution in [1.29, 1.82) is 0 Å². The molecule has 2 heterocycles. The Hall–Kier alpha value is -2.22. The van der Waals surface area contributed by atoms with Crippen LogP contribution in [0.5, 0.6) is 0 Å². The molecule has 0 aliphatic heterocycles. The molecule has 112 valence electrons. The second kappa shape index (κ2) is 6.04. The summed E-state index contributed by atoms with van der Waals surface area (Å²) < 4.78 is 38.8. The summed E-state index contributed by atoms with van der Waals surface area (Å²) in [6.45, 7) is -0.0773. The number of rotatable bonds is 4. The van der Waals surface area contributed by atoms with Gasteiger partial charge in [-0.3, -0.25) is 4.98 Å². The van der Waals surface area contributed by atoms with Crippen molar-refractivity contribution in [1.82, 2.24) is 15.0 Å². The quantitative estimate of drug-likeness (QED) is 0.935. The van der Waals surface area contributed by atoms with Gasteiger partial charge in [-0.2, -0.15) is 13.2 Å². The van der Waals surface area contributed by atoms with Gasteiger partial charge in [0, 0.05) is 31.5 Å². The minimum Gasteiger partial charge on any atom is -0.395 e. The van der Waals surface area contributed by atoms with E-state index >= 15 is 0 Å². The lowest BCUT2D eigenvalue weighted by molar-refractivity contribution is -0.141. The average Bonchev–Trinajstić information content (AvgIpc) is 2.47. The summed E-state index contributed by atoms with van der Waals surface area (Å²) in [5, 5.41) is 8.88. The molecule has 0 amide bonds. The smallest absolute Gasteiger partial charge is 0.395 e. The summed E-state index contributed by atoms with van der Waals surface area (Å²) in [7, 11) is 1.51. The monoisotopic (exact) mass is 298 g/mol. The first-order valence-electron chi connectivity index (χ1n) is 6.10. The van der Waals surface area contributed by atoms with Crippen LogP contribution >= 0.6 is 0 Å². The van der Waals surface area contributed by atoms with Gasteiger partial charge in [-0.05, 0) is 18.2 Å². The lowest BCUT2D eigenvalue weighted by Crippen LogP contribution is -2.25. The predicted molar refractivity (Wildman–Crippen MR) is 70.6 cm³/mol. The molecule has 2 aromatic heterocycles. The number of nitrogens with zero attached hydrogens (tertiary/aromatic N) is 4. The van der Waals surface area contributed by atoms with Crippen molar-refractivity contribution in [2.24, 2.45) is 0 Å². The fraction of sp³-hybridized carbons (Fsp3) is 0.308. The van der Waals surface area contributed by atoms with Crippen LogP contribution in [0.15, 0.2) is 30.6 Å². The molecule has 0 radical (unpaired) electrons. The van der Waals surface area contributed by atoms with Crippen molar-refractivity contribution < 1.29 is 18.3 Å². The Balaban J connectivity index is 2.52. The molecule has 8 heteroatoms.